The standard InChI is InChI=1S/C12H14ClNO5S/c1-7(6-14-16)10-9(20(3,17)18)5-4-8(11(10)13)12(15)19-2/h4-7,16H,1-3H3/b14-6-. The van der Waals surface area contributed by atoms with E-state index in [-0.39, 0.29) is 21.0 Å². The molecule has 6 nitrogen and oxygen atoms in total. The summed E-state index contributed by atoms with van der Waals surface area (Å²) in [6.07, 6.45) is 2.15. The summed E-state index contributed by atoms with van der Waals surface area (Å²) < 4.78 is 28.1. The molecule has 110 valence electrons. The van der Waals surface area contributed by atoms with E-state index in [1.807, 2.05) is 0 Å². The van der Waals surface area contributed by atoms with Gasteiger partial charge in [-0.1, -0.05) is 18.5 Å². The molecule has 0 saturated carbocycles. The van der Waals surface area contributed by atoms with Crippen molar-refractivity contribution < 1.29 is 23.2 Å². The van der Waals surface area contributed by atoms with Gasteiger partial charge in [-0.15, -0.1) is 5.16 Å². The lowest BCUT2D eigenvalue weighted by Gasteiger charge is -2.15. The number of carbonyl (C=O) groups excluding carboxylic acids is 1. The summed E-state index contributed by atoms with van der Waals surface area (Å²) in [7, 11) is -2.35. The molecule has 1 N–H and O–H groups in total. The van der Waals surface area contributed by atoms with Crippen LogP contribution in [0.15, 0.2) is 22.2 Å². The Labute approximate surface area is 121 Å². The van der Waals surface area contributed by atoms with E-state index in [4.69, 9.17) is 16.8 Å². The number of carbonyl (C=O) groups is 1. The smallest absolute Gasteiger partial charge is 0.339 e. The highest BCUT2D eigenvalue weighted by atomic mass is 35.5. The summed E-state index contributed by atoms with van der Waals surface area (Å²) in [5, 5.41) is 11.4. The molecule has 0 aromatic heterocycles. The van der Waals surface area contributed by atoms with Crippen molar-refractivity contribution in [3.05, 3.63) is 28.3 Å². The number of rotatable bonds is 4. The Morgan fingerprint density at radius 1 is 1.50 bits per heavy atom. The van der Waals surface area contributed by atoms with Crippen LogP contribution in [0.1, 0.15) is 28.8 Å². The monoisotopic (exact) mass is 319 g/mol. The molecule has 0 spiro atoms. The molecule has 1 rings (SSSR count). The van der Waals surface area contributed by atoms with Crippen LogP contribution in [0.4, 0.5) is 0 Å². The van der Waals surface area contributed by atoms with Crippen LogP contribution < -0.4 is 0 Å². The van der Waals surface area contributed by atoms with Gasteiger partial charge in [0.05, 0.1) is 28.8 Å². The lowest BCUT2D eigenvalue weighted by Crippen LogP contribution is -2.11. The van der Waals surface area contributed by atoms with Gasteiger partial charge in [-0.2, -0.15) is 0 Å². The zero-order valence-electron chi connectivity index (χ0n) is 11.1. The Balaban J connectivity index is 3.67. The third-order valence-electron chi connectivity index (χ3n) is 2.69. The Hall–Kier alpha value is -1.60. The molecule has 0 fully saturated rings. The largest absolute Gasteiger partial charge is 0.465 e. The van der Waals surface area contributed by atoms with E-state index in [0.717, 1.165) is 12.5 Å². The van der Waals surface area contributed by atoms with Crippen LogP contribution in [0.25, 0.3) is 0 Å². The van der Waals surface area contributed by atoms with Gasteiger partial charge in [-0.25, -0.2) is 13.2 Å². The van der Waals surface area contributed by atoms with Crippen molar-refractivity contribution in [2.75, 3.05) is 13.4 Å². The molecule has 1 aromatic carbocycles. The number of esters is 1. The minimum absolute atomic E-state index is 0.0254. The van der Waals surface area contributed by atoms with E-state index >= 15 is 0 Å². The van der Waals surface area contributed by atoms with Gasteiger partial charge in [-0.3, -0.25) is 0 Å². The summed E-state index contributed by atoms with van der Waals surface area (Å²) in [5.74, 6) is -1.27. The average Bonchev–Trinajstić information content (AvgIpc) is 2.36. The summed E-state index contributed by atoms with van der Waals surface area (Å²) in [4.78, 5) is 11.6. The molecule has 1 unspecified atom stereocenters. The molecule has 20 heavy (non-hydrogen) atoms. The summed E-state index contributed by atoms with van der Waals surface area (Å²) in [6.45, 7) is 1.59. The van der Waals surface area contributed by atoms with E-state index in [2.05, 4.69) is 9.89 Å². The number of hydrogen-bond donors (Lipinski definition) is 1. The summed E-state index contributed by atoms with van der Waals surface area (Å²) in [6, 6.07) is 2.57. The number of halogens is 1. The Morgan fingerprint density at radius 3 is 2.55 bits per heavy atom. The van der Waals surface area contributed by atoms with E-state index in [1.54, 1.807) is 6.92 Å². The maximum atomic E-state index is 11.8. The van der Waals surface area contributed by atoms with Crippen LogP contribution in [0.3, 0.4) is 0 Å². The zero-order valence-corrected chi connectivity index (χ0v) is 12.7. The maximum absolute atomic E-state index is 11.8. The predicted octanol–water partition coefficient (Wildman–Crippen LogP) is 2.09. The first-order valence-electron chi connectivity index (χ1n) is 5.52. The normalized spacial score (nSPS) is 13.4. The molecule has 1 atom stereocenters. The van der Waals surface area contributed by atoms with E-state index in [0.29, 0.717) is 0 Å². The number of methoxy groups -OCH3 is 1. The summed E-state index contributed by atoms with van der Waals surface area (Å²) >= 11 is 6.12. The van der Waals surface area contributed by atoms with Gasteiger partial charge < -0.3 is 9.94 Å². The van der Waals surface area contributed by atoms with Gasteiger partial charge in [0.15, 0.2) is 9.84 Å². The van der Waals surface area contributed by atoms with Crippen LogP contribution >= 0.6 is 11.6 Å². The molecule has 8 heteroatoms. The lowest BCUT2D eigenvalue weighted by molar-refractivity contribution is 0.0600. The molecule has 1 aromatic rings. The number of sulfone groups is 1. The molecule has 0 amide bonds. The van der Waals surface area contributed by atoms with Crippen molar-refractivity contribution in [1.82, 2.24) is 0 Å². The van der Waals surface area contributed by atoms with Gasteiger partial charge in [0, 0.05) is 12.2 Å². The van der Waals surface area contributed by atoms with Gasteiger partial charge in [0.25, 0.3) is 0 Å². The highest BCUT2D eigenvalue weighted by molar-refractivity contribution is 7.90. The molecule has 0 heterocycles. The number of hydrogen-bond acceptors (Lipinski definition) is 6. The third-order valence-corrected chi connectivity index (χ3v) is 4.25. The second-order valence-corrected chi connectivity index (χ2v) is 6.52. The van der Waals surface area contributed by atoms with Gasteiger partial charge in [0.1, 0.15) is 0 Å². The van der Waals surface area contributed by atoms with Gasteiger partial charge in [0.2, 0.25) is 0 Å². The molecule has 0 radical (unpaired) electrons. The Morgan fingerprint density at radius 2 is 2.10 bits per heavy atom. The minimum atomic E-state index is -3.55. The molecule has 0 bridgehead atoms. The molecule has 0 aliphatic rings. The van der Waals surface area contributed by atoms with Gasteiger partial charge >= 0.3 is 5.97 Å². The number of nitrogens with zero attached hydrogens (tertiary/aromatic N) is 1. The van der Waals surface area contributed by atoms with E-state index in [1.165, 1.54) is 19.2 Å². The van der Waals surface area contributed by atoms with Crippen molar-refractivity contribution in [3.63, 3.8) is 0 Å². The first-order chi connectivity index (χ1) is 9.23. The fourth-order valence-electron chi connectivity index (χ4n) is 1.76. The van der Waals surface area contributed by atoms with Crippen LogP contribution in [0.5, 0.6) is 0 Å². The second kappa shape index (κ2) is 6.23. The Kier molecular flexibility index (Phi) is 5.13. The van der Waals surface area contributed by atoms with Crippen molar-refractivity contribution in [3.8, 4) is 0 Å². The van der Waals surface area contributed by atoms with E-state index < -0.39 is 21.7 Å². The number of benzene rings is 1. The highest BCUT2D eigenvalue weighted by Gasteiger charge is 2.24. The van der Waals surface area contributed by atoms with Crippen molar-refractivity contribution in [2.24, 2.45) is 5.16 Å². The SMILES string of the molecule is COC(=O)c1ccc(S(C)(=O)=O)c(C(C)/C=N\O)c1Cl. The number of oxime groups is 1. The molecule has 0 aliphatic carbocycles. The van der Waals surface area contributed by atoms with Crippen LogP contribution in [-0.2, 0) is 14.6 Å². The first kappa shape index (κ1) is 16.5. The minimum Gasteiger partial charge on any atom is -0.465 e. The topological polar surface area (TPSA) is 93.0 Å². The molecule has 0 aliphatic heterocycles. The lowest BCUT2D eigenvalue weighted by atomic mass is 9.99. The van der Waals surface area contributed by atoms with Crippen molar-refractivity contribution in [2.45, 2.75) is 17.7 Å². The quantitative estimate of drug-likeness (QED) is 0.397. The zero-order chi connectivity index (χ0) is 15.5. The second-order valence-electron chi connectivity index (χ2n) is 4.16. The van der Waals surface area contributed by atoms with Crippen molar-refractivity contribution >= 4 is 33.6 Å². The van der Waals surface area contributed by atoms with E-state index in [9.17, 15) is 13.2 Å². The first-order valence-corrected chi connectivity index (χ1v) is 7.79. The molecule has 0 saturated heterocycles. The average molecular weight is 320 g/mol. The van der Waals surface area contributed by atoms with Crippen LogP contribution in [0, 0.1) is 0 Å². The fraction of sp³-hybridized carbons (Fsp3) is 0.333. The molecular weight excluding hydrogens is 306 g/mol. The fourth-order valence-corrected chi connectivity index (χ4v) is 3.24. The molecular formula is C12H14ClNO5S. The number of ether oxygens (including phenoxy) is 1. The highest BCUT2D eigenvalue weighted by Crippen LogP contribution is 2.33. The van der Waals surface area contributed by atoms with Crippen LogP contribution in [0.2, 0.25) is 5.02 Å². The van der Waals surface area contributed by atoms with Crippen LogP contribution in [-0.4, -0.2) is 39.2 Å². The van der Waals surface area contributed by atoms with Crippen molar-refractivity contribution in [1.29, 1.82) is 0 Å². The predicted molar refractivity (Wildman–Crippen MR) is 74.6 cm³/mol. The third kappa shape index (κ3) is 3.29. The summed E-state index contributed by atoms with van der Waals surface area (Å²) in [5.41, 5.74) is 0.240. The Bertz CT molecular complexity index is 654. The maximum Gasteiger partial charge on any atom is 0.339 e. The van der Waals surface area contributed by atoms with Gasteiger partial charge in [-0.05, 0) is 17.7 Å².